The number of ether oxygens (including phenoxy) is 2. The molecule has 41 heavy (non-hydrogen) atoms. The number of morpholine rings is 1. The standard InChI is InChI=1S/C31H27FN6O3/c1-31(2,30-36-24-16-33-17-34-27(24)37-30)25-20-4-3-5-22(32)26(20)41-28-21(25)10-11-23(35-28)18-6-8-19(9-7-18)29(39)38-12-14-40-15-13-38/h3-11,16-17,25H,12-15H2,1-2H3,(H,33,34,36,37). The summed E-state index contributed by atoms with van der Waals surface area (Å²) in [4.78, 5) is 36.0. The molecule has 3 aromatic heterocycles. The van der Waals surface area contributed by atoms with Crippen molar-refractivity contribution in [1.82, 2.24) is 29.8 Å². The van der Waals surface area contributed by atoms with Crippen LogP contribution in [-0.2, 0) is 10.2 Å². The first-order valence-electron chi connectivity index (χ1n) is 13.5. The van der Waals surface area contributed by atoms with Gasteiger partial charge in [-0.2, -0.15) is 0 Å². The molecular weight excluding hydrogens is 523 g/mol. The number of amides is 1. The Morgan fingerprint density at radius 1 is 1.02 bits per heavy atom. The number of carbonyl (C=O) groups is 1. The molecule has 5 aromatic rings. The van der Waals surface area contributed by atoms with Crippen LogP contribution in [0.4, 0.5) is 4.39 Å². The maximum atomic E-state index is 15.2. The van der Waals surface area contributed by atoms with E-state index >= 15 is 4.39 Å². The zero-order valence-electron chi connectivity index (χ0n) is 22.6. The molecule has 0 saturated carbocycles. The fourth-order valence-electron chi connectivity index (χ4n) is 5.75. The lowest BCUT2D eigenvalue weighted by atomic mass is 9.69. The maximum absolute atomic E-state index is 15.2. The number of benzene rings is 2. The van der Waals surface area contributed by atoms with Crippen molar-refractivity contribution < 1.29 is 18.7 Å². The summed E-state index contributed by atoms with van der Waals surface area (Å²) in [7, 11) is 0. The second kappa shape index (κ2) is 9.74. The van der Waals surface area contributed by atoms with Gasteiger partial charge in [0.05, 0.1) is 25.1 Å². The normalized spacial score (nSPS) is 16.7. The zero-order valence-corrected chi connectivity index (χ0v) is 22.6. The van der Waals surface area contributed by atoms with E-state index in [1.807, 2.05) is 30.3 Å². The zero-order chi connectivity index (χ0) is 28.1. The fourth-order valence-corrected chi connectivity index (χ4v) is 5.75. The van der Waals surface area contributed by atoms with Crippen LogP contribution in [0.5, 0.6) is 11.6 Å². The number of imidazole rings is 1. The van der Waals surface area contributed by atoms with Crippen molar-refractivity contribution >= 4 is 17.1 Å². The molecule has 1 atom stereocenters. The third-order valence-electron chi connectivity index (χ3n) is 7.93. The molecule has 2 aliphatic heterocycles. The Kier molecular flexibility index (Phi) is 6.01. The quantitative estimate of drug-likeness (QED) is 0.326. The summed E-state index contributed by atoms with van der Waals surface area (Å²) in [5.74, 6) is 0.400. The van der Waals surface area contributed by atoms with Crippen molar-refractivity contribution in [3.8, 4) is 22.9 Å². The molecule has 1 N–H and O–H groups in total. The molecule has 0 radical (unpaired) electrons. The van der Waals surface area contributed by atoms with E-state index in [0.717, 1.165) is 22.2 Å². The van der Waals surface area contributed by atoms with Gasteiger partial charge >= 0.3 is 0 Å². The first-order valence-corrected chi connectivity index (χ1v) is 13.5. The van der Waals surface area contributed by atoms with E-state index < -0.39 is 11.2 Å². The molecule has 206 valence electrons. The van der Waals surface area contributed by atoms with Crippen LogP contribution in [0.15, 0.2) is 67.1 Å². The van der Waals surface area contributed by atoms with Gasteiger partial charge < -0.3 is 19.4 Å². The van der Waals surface area contributed by atoms with Crippen molar-refractivity contribution in [2.45, 2.75) is 25.2 Å². The second-order valence-corrected chi connectivity index (χ2v) is 10.8. The number of aromatic amines is 1. The van der Waals surface area contributed by atoms with E-state index in [1.54, 1.807) is 29.3 Å². The number of rotatable bonds is 4. The predicted octanol–water partition coefficient (Wildman–Crippen LogP) is 5.24. The van der Waals surface area contributed by atoms with Crippen molar-refractivity contribution in [2.24, 2.45) is 0 Å². The van der Waals surface area contributed by atoms with Crippen LogP contribution in [-0.4, -0.2) is 62.0 Å². The molecule has 0 bridgehead atoms. The van der Waals surface area contributed by atoms with Gasteiger partial charge in [0.2, 0.25) is 5.88 Å². The minimum absolute atomic E-state index is 0.0182. The predicted molar refractivity (Wildman–Crippen MR) is 149 cm³/mol. The number of fused-ring (bicyclic) bond motifs is 3. The number of hydrogen-bond donors (Lipinski definition) is 1. The molecule has 10 heteroatoms. The van der Waals surface area contributed by atoms with Gasteiger partial charge in [-0.25, -0.2) is 24.3 Å². The highest BCUT2D eigenvalue weighted by Crippen LogP contribution is 2.52. The van der Waals surface area contributed by atoms with E-state index in [1.165, 1.54) is 12.4 Å². The van der Waals surface area contributed by atoms with Crippen LogP contribution in [0, 0.1) is 5.82 Å². The topological polar surface area (TPSA) is 106 Å². The third-order valence-corrected chi connectivity index (χ3v) is 7.93. The lowest BCUT2D eigenvalue weighted by molar-refractivity contribution is 0.0303. The summed E-state index contributed by atoms with van der Waals surface area (Å²) >= 11 is 0. The Hall–Kier alpha value is -4.70. The maximum Gasteiger partial charge on any atom is 0.254 e. The minimum atomic E-state index is -0.619. The Bertz CT molecular complexity index is 1750. The van der Waals surface area contributed by atoms with Gasteiger partial charge in [-0.15, -0.1) is 0 Å². The third kappa shape index (κ3) is 4.31. The number of halogens is 1. The summed E-state index contributed by atoms with van der Waals surface area (Å²) in [6.45, 7) is 6.39. The van der Waals surface area contributed by atoms with E-state index in [4.69, 9.17) is 19.4 Å². The Morgan fingerprint density at radius 2 is 1.83 bits per heavy atom. The molecule has 2 aromatic carbocycles. The van der Waals surface area contributed by atoms with Crippen LogP contribution in [0.1, 0.15) is 47.1 Å². The average Bonchev–Trinajstić information content (AvgIpc) is 3.46. The van der Waals surface area contributed by atoms with Gasteiger partial charge in [0, 0.05) is 46.7 Å². The molecule has 1 fully saturated rings. The monoisotopic (exact) mass is 550 g/mol. The molecular formula is C31H27FN6O3. The highest BCUT2D eigenvalue weighted by atomic mass is 19.1. The Labute approximate surface area is 235 Å². The van der Waals surface area contributed by atoms with Crippen LogP contribution in [0.2, 0.25) is 0 Å². The van der Waals surface area contributed by atoms with Crippen molar-refractivity contribution in [3.63, 3.8) is 0 Å². The molecule has 5 heterocycles. The molecule has 7 rings (SSSR count). The summed E-state index contributed by atoms with van der Waals surface area (Å²) < 4.78 is 26.6. The van der Waals surface area contributed by atoms with E-state index in [-0.39, 0.29) is 17.6 Å². The van der Waals surface area contributed by atoms with Crippen LogP contribution >= 0.6 is 0 Å². The van der Waals surface area contributed by atoms with E-state index in [0.29, 0.717) is 54.9 Å². The molecule has 1 saturated heterocycles. The van der Waals surface area contributed by atoms with E-state index in [9.17, 15) is 4.79 Å². The molecule has 2 aliphatic rings. The number of carbonyl (C=O) groups excluding carboxylic acids is 1. The molecule has 0 spiro atoms. The lowest BCUT2D eigenvalue weighted by Gasteiger charge is -2.37. The molecule has 1 unspecified atom stereocenters. The highest BCUT2D eigenvalue weighted by Gasteiger charge is 2.43. The second-order valence-electron chi connectivity index (χ2n) is 10.8. The smallest absolute Gasteiger partial charge is 0.254 e. The van der Waals surface area contributed by atoms with Crippen LogP contribution in [0.25, 0.3) is 22.4 Å². The Balaban J connectivity index is 1.27. The number of para-hydroxylation sites is 1. The van der Waals surface area contributed by atoms with Gasteiger partial charge in [-0.05, 0) is 24.3 Å². The van der Waals surface area contributed by atoms with E-state index in [2.05, 4.69) is 28.8 Å². The highest BCUT2D eigenvalue weighted by molar-refractivity contribution is 5.94. The first kappa shape index (κ1) is 25.3. The molecule has 9 nitrogen and oxygen atoms in total. The summed E-state index contributed by atoms with van der Waals surface area (Å²) in [5.41, 5.74) is 4.30. The SMILES string of the molecule is CC(C)(c1nc2ncncc2[nH]1)C1c2ccc(-c3ccc(C(=O)N4CCOCC4)cc3)nc2Oc2c(F)cccc21. The average molecular weight is 551 g/mol. The first-order chi connectivity index (χ1) is 19.9. The largest absolute Gasteiger partial charge is 0.435 e. The number of nitrogens with one attached hydrogen (secondary N) is 1. The summed E-state index contributed by atoms with van der Waals surface area (Å²) in [6.07, 6.45) is 3.15. The number of aromatic nitrogens is 5. The number of hydrogen-bond acceptors (Lipinski definition) is 7. The minimum Gasteiger partial charge on any atom is -0.435 e. The van der Waals surface area contributed by atoms with Crippen LogP contribution in [0.3, 0.4) is 0 Å². The number of nitrogens with zero attached hydrogens (tertiary/aromatic N) is 5. The van der Waals surface area contributed by atoms with Gasteiger partial charge in [-0.1, -0.05) is 44.2 Å². The number of H-pyrrole nitrogens is 1. The van der Waals surface area contributed by atoms with Gasteiger partial charge in [0.25, 0.3) is 5.91 Å². The Morgan fingerprint density at radius 3 is 2.61 bits per heavy atom. The molecule has 0 aliphatic carbocycles. The van der Waals surface area contributed by atoms with Crippen molar-refractivity contribution in [3.05, 3.63) is 95.5 Å². The lowest BCUT2D eigenvalue weighted by Crippen LogP contribution is -2.40. The van der Waals surface area contributed by atoms with Gasteiger partial charge in [0.15, 0.2) is 17.2 Å². The van der Waals surface area contributed by atoms with Crippen molar-refractivity contribution in [1.29, 1.82) is 0 Å². The van der Waals surface area contributed by atoms with Crippen LogP contribution < -0.4 is 4.74 Å². The van der Waals surface area contributed by atoms with Gasteiger partial charge in [0.1, 0.15) is 17.7 Å². The summed E-state index contributed by atoms with van der Waals surface area (Å²) in [6, 6.07) is 16.2. The number of pyridine rings is 1. The summed E-state index contributed by atoms with van der Waals surface area (Å²) in [5, 5.41) is 0. The van der Waals surface area contributed by atoms with Gasteiger partial charge in [-0.3, -0.25) is 4.79 Å². The molecule has 1 amide bonds. The fraction of sp³-hybridized carbons (Fsp3) is 0.258. The van der Waals surface area contributed by atoms with Crippen molar-refractivity contribution in [2.75, 3.05) is 26.3 Å².